The summed E-state index contributed by atoms with van der Waals surface area (Å²) in [6.45, 7) is 5.32. The van der Waals surface area contributed by atoms with Crippen LogP contribution < -0.4 is 5.32 Å². The fraction of sp³-hybridized carbons (Fsp3) is 0.600. The van der Waals surface area contributed by atoms with Crippen molar-refractivity contribution >= 4 is 23.4 Å². The fourth-order valence-corrected chi connectivity index (χ4v) is 1.42. The van der Waals surface area contributed by atoms with Crippen LogP contribution in [0.15, 0.2) is 6.20 Å². The third-order valence-corrected chi connectivity index (χ3v) is 2.53. The summed E-state index contributed by atoms with van der Waals surface area (Å²) in [7, 11) is 0. The zero-order valence-corrected chi connectivity index (χ0v) is 11.2. The SMILES string of the molecule is CC(C)(C)OC[C@H](NC(=O)c1cnns1)C(=O)O. The number of carbonyl (C=O) groups excluding carboxylic acids is 1. The maximum absolute atomic E-state index is 11.6. The van der Waals surface area contributed by atoms with Crippen molar-refractivity contribution in [3.8, 4) is 0 Å². The Labute approximate surface area is 108 Å². The van der Waals surface area contributed by atoms with Crippen LogP contribution in [0.3, 0.4) is 0 Å². The minimum Gasteiger partial charge on any atom is -0.480 e. The number of aliphatic carboxylic acids is 1. The number of amides is 1. The quantitative estimate of drug-likeness (QED) is 0.811. The number of ether oxygens (including phenoxy) is 1. The average Bonchev–Trinajstić information content (AvgIpc) is 2.75. The van der Waals surface area contributed by atoms with Gasteiger partial charge in [0.05, 0.1) is 18.4 Å². The molecule has 0 unspecified atom stereocenters. The molecule has 0 saturated heterocycles. The van der Waals surface area contributed by atoms with Crippen molar-refractivity contribution in [2.75, 3.05) is 6.61 Å². The summed E-state index contributed by atoms with van der Waals surface area (Å²) in [6.07, 6.45) is 1.28. The molecule has 1 rings (SSSR count). The summed E-state index contributed by atoms with van der Waals surface area (Å²) < 4.78 is 8.88. The summed E-state index contributed by atoms with van der Waals surface area (Å²) in [6, 6.07) is -1.10. The Balaban J connectivity index is 2.58. The lowest BCUT2D eigenvalue weighted by molar-refractivity contribution is -0.142. The molecule has 0 radical (unpaired) electrons. The number of nitrogens with zero attached hydrogens (tertiary/aromatic N) is 2. The lowest BCUT2D eigenvalue weighted by Gasteiger charge is -2.22. The second kappa shape index (κ2) is 5.87. The second-order valence-electron chi connectivity index (χ2n) is 4.57. The van der Waals surface area contributed by atoms with Gasteiger partial charge in [0.15, 0.2) is 6.04 Å². The van der Waals surface area contributed by atoms with Crippen molar-refractivity contribution < 1.29 is 19.4 Å². The number of carbonyl (C=O) groups is 2. The van der Waals surface area contributed by atoms with Crippen molar-refractivity contribution in [3.63, 3.8) is 0 Å². The van der Waals surface area contributed by atoms with Crippen molar-refractivity contribution in [3.05, 3.63) is 11.1 Å². The van der Waals surface area contributed by atoms with Crippen LogP contribution >= 0.6 is 11.5 Å². The maximum Gasteiger partial charge on any atom is 0.328 e. The molecule has 0 spiro atoms. The Morgan fingerprint density at radius 1 is 1.56 bits per heavy atom. The van der Waals surface area contributed by atoms with Crippen LogP contribution in [0.5, 0.6) is 0 Å². The third-order valence-electron chi connectivity index (χ3n) is 1.87. The molecule has 0 aliphatic heterocycles. The van der Waals surface area contributed by atoms with Crippen LogP contribution in [-0.4, -0.2) is 44.8 Å². The number of hydrogen-bond donors (Lipinski definition) is 2. The van der Waals surface area contributed by atoms with Gasteiger partial charge in [-0.05, 0) is 32.3 Å². The van der Waals surface area contributed by atoms with Gasteiger partial charge < -0.3 is 15.2 Å². The number of carboxylic acids is 1. The van der Waals surface area contributed by atoms with Gasteiger partial charge in [0.2, 0.25) is 0 Å². The molecule has 1 aromatic rings. The summed E-state index contributed by atoms with van der Waals surface area (Å²) in [5.74, 6) is -1.67. The van der Waals surface area contributed by atoms with Gasteiger partial charge in [-0.25, -0.2) is 4.79 Å². The highest BCUT2D eigenvalue weighted by molar-refractivity contribution is 7.07. The van der Waals surface area contributed by atoms with Crippen LogP contribution in [-0.2, 0) is 9.53 Å². The fourth-order valence-electron chi connectivity index (χ4n) is 1.00. The van der Waals surface area contributed by atoms with Crippen LogP contribution in [0, 0.1) is 0 Å². The lowest BCUT2D eigenvalue weighted by Crippen LogP contribution is -2.45. The molecule has 1 aromatic heterocycles. The molecule has 1 atom stereocenters. The zero-order valence-electron chi connectivity index (χ0n) is 10.3. The van der Waals surface area contributed by atoms with E-state index in [9.17, 15) is 9.59 Å². The largest absolute Gasteiger partial charge is 0.480 e. The molecule has 7 nitrogen and oxygen atoms in total. The predicted octanol–water partition coefficient (Wildman–Crippen LogP) is 0.536. The molecule has 0 bridgehead atoms. The first kappa shape index (κ1) is 14.5. The van der Waals surface area contributed by atoms with Crippen LogP contribution in [0.25, 0.3) is 0 Å². The highest BCUT2D eigenvalue weighted by atomic mass is 32.1. The Morgan fingerprint density at radius 3 is 2.67 bits per heavy atom. The molecule has 100 valence electrons. The van der Waals surface area contributed by atoms with Gasteiger partial charge >= 0.3 is 5.97 Å². The van der Waals surface area contributed by atoms with Gasteiger partial charge in [0, 0.05) is 0 Å². The van der Waals surface area contributed by atoms with E-state index in [0.29, 0.717) is 0 Å². The summed E-state index contributed by atoms with van der Waals surface area (Å²) in [5.41, 5.74) is -0.468. The average molecular weight is 273 g/mol. The maximum atomic E-state index is 11.6. The molecule has 0 fully saturated rings. The number of aromatic nitrogens is 2. The first-order chi connectivity index (χ1) is 8.29. The monoisotopic (exact) mass is 273 g/mol. The Hall–Kier alpha value is -1.54. The van der Waals surface area contributed by atoms with E-state index in [-0.39, 0.29) is 11.5 Å². The van der Waals surface area contributed by atoms with Gasteiger partial charge in [-0.1, -0.05) is 4.49 Å². The van der Waals surface area contributed by atoms with E-state index >= 15 is 0 Å². The number of carboxylic acid groups (broad SMARTS) is 1. The van der Waals surface area contributed by atoms with Crippen LogP contribution in [0.4, 0.5) is 0 Å². The van der Waals surface area contributed by atoms with E-state index in [4.69, 9.17) is 9.84 Å². The Morgan fingerprint density at radius 2 is 2.22 bits per heavy atom. The topological polar surface area (TPSA) is 101 Å². The summed E-state index contributed by atoms with van der Waals surface area (Å²) in [5, 5.41) is 14.9. The molecule has 0 saturated carbocycles. The van der Waals surface area contributed by atoms with E-state index in [1.54, 1.807) is 20.8 Å². The minimum atomic E-state index is -1.15. The third kappa shape index (κ3) is 4.76. The number of hydrogen-bond acceptors (Lipinski definition) is 6. The van der Waals surface area contributed by atoms with Gasteiger partial charge in [0.1, 0.15) is 4.88 Å². The highest BCUT2D eigenvalue weighted by Crippen LogP contribution is 2.08. The first-order valence-corrected chi connectivity index (χ1v) is 6.02. The molecular weight excluding hydrogens is 258 g/mol. The first-order valence-electron chi connectivity index (χ1n) is 5.24. The molecule has 2 N–H and O–H groups in total. The minimum absolute atomic E-state index is 0.100. The van der Waals surface area contributed by atoms with Gasteiger partial charge in [0.25, 0.3) is 5.91 Å². The number of nitrogens with one attached hydrogen (secondary N) is 1. The molecule has 0 aromatic carbocycles. The van der Waals surface area contributed by atoms with Gasteiger partial charge in [-0.15, -0.1) is 5.10 Å². The Bertz CT molecular complexity index is 413. The van der Waals surface area contributed by atoms with Crippen molar-refractivity contribution in [1.29, 1.82) is 0 Å². The van der Waals surface area contributed by atoms with Crippen molar-refractivity contribution in [2.24, 2.45) is 0 Å². The highest BCUT2D eigenvalue weighted by Gasteiger charge is 2.24. The molecule has 1 amide bonds. The van der Waals surface area contributed by atoms with Crippen LogP contribution in [0.2, 0.25) is 0 Å². The van der Waals surface area contributed by atoms with Crippen molar-refractivity contribution in [1.82, 2.24) is 14.9 Å². The van der Waals surface area contributed by atoms with E-state index in [1.807, 2.05) is 0 Å². The molecule has 0 aliphatic rings. The van der Waals surface area contributed by atoms with Gasteiger partial charge in [-0.2, -0.15) is 0 Å². The normalized spacial score (nSPS) is 13.1. The van der Waals surface area contributed by atoms with Crippen LogP contribution in [0.1, 0.15) is 30.4 Å². The van der Waals surface area contributed by atoms with E-state index in [2.05, 4.69) is 14.9 Å². The van der Waals surface area contributed by atoms with Crippen molar-refractivity contribution in [2.45, 2.75) is 32.4 Å². The van der Waals surface area contributed by atoms with E-state index < -0.39 is 23.5 Å². The Kier molecular flexibility index (Phi) is 4.74. The zero-order chi connectivity index (χ0) is 13.8. The second-order valence-corrected chi connectivity index (χ2v) is 5.36. The number of rotatable bonds is 5. The smallest absolute Gasteiger partial charge is 0.328 e. The lowest BCUT2D eigenvalue weighted by atomic mass is 10.2. The van der Waals surface area contributed by atoms with E-state index in [0.717, 1.165) is 11.5 Å². The molecule has 1 heterocycles. The molecule has 8 heteroatoms. The molecule has 18 heavy (non-hydrogen) atoms. The summed E-state index contributed by atoms with van der Waals surface area (Å²) in [4.78, 5) is 22.9. The standard InChI is InChI=1S/C10H15N3O4S/c1-10(2,3)17-5-6(9(15)16)12-8(14)7-4-11-13-18-7/h4,6H,5H2,1-3H3,(H,12,14)(H,15,16)/t6-/m0/s1. The van der Waals surface area contributed by atoms with E-state index in [1.165, 1.54) is 6.20 Å². The molecular formula is C10H15N3O4S. The summed E-state index contributed by atoms with van der Waals surface area (Å²) >= 11 is 0.901. The predicted molar refractivity (Wildman–Crippen MR) is 64.5 cm³/mol. The molecule has 0 aliphatic carbocycles. The van der Waals surface area contributed by atoms with Gasteiger partial charge in [-0.3, -0.25) is 4.79 Å².